The van der Waals surface area contributed by atoms with Crippen LogP contribution in [0.2, 0.25) is 0 Å². The summed E-state index contributed by atoms with van der Waals surface area (Å²) in [4.78, 5) is 18.0. The van der Waals surface area contributed by atoms with E-state index in [0.717, 1.165) is 46.6 Å². The van der Waals surface area contributed by atoms with Crippen molar-refractivity contribution in [1.82, 2.24) is 0 Å². The van der Waals surface area contributed by atoms with Gasteiger partial charge in [-0.25, -0.2) is 0 Å². The highest BCUT2D eigenvalue weighted by molar-refractivity contribution is 6.08. The monoisotopic (exact) mass is 457 g/mol. The Balaban J connectivity index is 1.70. The van der Waals surface area contributed by atoms with Crippen LogP contribution in [0.1, 0.15) is 53.2 Å². The van der Waals surface area contributed by atoms with Crippen LogP contribution >= 0.6 is 0 Å². The summed E-state index contributed by atoms with van der Waals surface area (Å²) in [7, 11) is 5.77. The third-order valence-corrected chi connectivity index (χ3v) is 6.57. The lowest BCUT2D eigenvalue weighted by Crippen LogP contribution is -2.33. The fourth-order valence-corrected chi connectivity index (χ4v) is 4.44. The second kappa shape index (κ2) is 10.3. The number of carbonyl (C=O) groups excluding carboxylic acids is 1. The molecule has 0 aromatic heterocycles. The molecule has 4 rings (SSSR count). The zero-order chi connectivity index (χ0) is 24.2. The van der Waals surface area contributed by atoms with Gasteiger partial charge >= 0.3 is 0 Å². The molecule has 0 spiro atoms. The van der Waals surface area contributed by atoms with Crippen LogP contribution < -0.4 is 15.1 Å². The maximum atomic E-state index is 14.0. The first-order valence-electron chi connectivity index (χ1n) is 12.0. The van der Waals surface area contributed by atoms with Crippen molar-refractivity contribution in [2.24, 2.45) is 0 Å². The highest BCUT2D eigenvalue weighted by Crippen LogP contribution is 2.31. The summed E-state index contributed by atoms with van der Waals surface area (Å²) >= 11 is 0. The summed E-state index contributed by atoms with van der Waals surface area (Å²) in [6.45, 7) is 4.87. The Morgan fingerprint density at radius 2 is 1.68 bits per heavy atom. The molecule has 0 saturated heterocycles. The van der Waals surface area contributed by atoms with Crippen molar-refractivity contribution < 1.29 is 9.53 Å². The average Bonchev–Trinajstić information content (AvgIpc) is 2.86. The van der Waals surface area contributed by atoms with Crippen LogP contribution in [0, 0.1) is 0 Å². The summed E-state index contributed by atoms with van der Waals surface area (Å²) in [5, 5.41) is 3.41. The topological polar surface area (TPSA) is 44.8 Å². The maximum Gasteiger partial charge on any atom is 0.258 e. The van der Waals surface area contributed by atoms with E-state index in [0.29, 0.717) is 12.5 Å². The second-order valence-corrected chi connectivity index (χ2v) is 9.44. The predicted molar refractivity (Wildman–Crippen MR) is 141 cm³/mol. The molecule has 0 bridgehead atoms. The highest BCUT2D eigenvalue weighted by atomic mass is 16.5. The lowest BCUT2D eigenvalue weighted by atomic mass is 9.95. The molecule has 5 heteroatoms. The number of hydrogen-bond donors (Lipinski definition) is 1. The SMILES string of the molecule is COC1CCc2c(cccc2C(=O)N(Cc2ccc(N(C)C)cc2)c2ccc(C(C)C)cc2)N1. The summed E-state index contributed by atoms with van der Waals surface area (Å²) in [5.41, 5.74) is 7.19. The molecule has 0 radical (unpaired) electrons. The molecular weight excluding hydrogens is 422 g/mol. The molecule has 0 aliphatic carbocycles. The van der Waals surface area contributed by atoms with Gasteiger partial charge in [0.2, 0.25) is 0 Å². The minimum atomic E-state index is -0.0206. The number of rotatable bonds is 7. The minimum Gasteiger partial charge on any atom is -0.378 e. The smallest absolute Gasteiger partial charge is 0.258 e. The number of benzene rings is 3. The standard InChI is InChI=1S/C29H35N3O2/c1-20(2)22-11-15-24(16-12-22)32(19-21-9-13-23(14-10-21)31(3)4)29(33)26-7-6-8-27-25(26)17-18-28(30-27)34-5/h6-16,20,28,30H,17-19H2,1-5H3. The molecule has 1 atom stereocenters. The Kier molecular flexibility index (Phi) is 7.23. The fourth-order valence-electron chi connectivity index (χ4n) is 4.44. The molecule has 178 valence electrons. The van der Waals surface area contributed by atoms with E-state index in [1.165, 1.54) is 5.56 Å². The van der Waals surface area contributed by atoms with Gasteiger partial charge in [-0.3, -0.25) is 4.79 Å². The van der Waals surface area contributed by atoms with E-state index in [9.17, 15) is 4.79 Å². The minimum absolute atomic E-state index is 0.0171. The van der Waals surface area contributed by atoms with E-state index in [2.05, 4.69) is 72.6 Å². The number of methoxy groups -OCH3 is 1. The van der Waals surface area contributed by atoms with E-state index >= 15 is 0 Å². The van der Waals surface area contributed by atoms with Crippen molar-refractivity contribution in [3.63, 3.8) is 0 Å². The second-order valence-electron chi connectivity index (χ2n) is 9.44. The molecular formula is C29H35N3O2. The van der Waals surface area contributed by atoms with Crippen LogP contribution in [0.4, 0.5) is 17.1 Å². The molecule has 1 unspecified atom stereocenters. The van der Waals surface area contributed by atoms with Gasteiger partial charge in [-0.1, -0.05) is 44.2 Å². The van der Waals surface area contributed by atoms with Crippen LogP contribution in [0.5, 0.6) is 0 Å². The molecule has 3 aromatic carbocycles. The summed E-state index contributed by atoms with van der Waals surface area (Å²) in [6, 6.07) is 22.7. The number of nitrogens with one attached hydrogen (secondary N) is 1. The van der Waals surface area contributed by atoms with Crippen LogP contribution in [0.25, 0.3) is 0 Å². The average molecular weight is 458 g/mol. The first-order valence-corrected chi connectivity index (χ1v) is 12.0. The lowest BCUT2D eigenvalue weighted by Gasteiger charge is -2.29. The number of anilines is 3. The molecule has 1 heterocycles. The molecule has 3 aromatic rings. The first kappa shape index (κ1) is 23.8. The molecule has 1 aliphatic heterocycles. The van der Waals surface area contributed by atoms with E-state index in [1.54, 1.807) is 7.11 Å². The Morgan fingerprint density at radius 3 is 2.29 bits per heavy atom. The quantitative estimate of drug-likeness (QED) is 0.469. The van der Waals surface area contributed by atoms with Crippen molar-refractivity contribution in [2.75, 3.05) is 36.3 Å². The highest BCUT2D eigenvalue weighted by Gasteiger charge is 2.26. The van der Waals surface area contributed by atoms with Crippen LogP contribution in [0.15, 0.2) is 66.7 Å². The summed E-state index contributed by atoms with van der Waals surface area (Å²) in [5.74, 6) is 0.459. The van der Waals surface area contributed by atoms with Crippen LogP contribution in [0.3, 0.4) is 0 Å². The lowest BCUT2D eigenvalue weighted by molar-refractivity contribution is 0.0980. The number of ether oxygens (including phenoxy) is 1. The van der Waals surface area contributed by atoms with Gasteiger partial charge in [-0.2, -0.15) is 0 Å². The Hall–Kier alpha value is -3.31. The van der Waals surface area contributed by atoms with Crippen molar-refractivity contribution in [1.29, 1.82) is 0 Å². The van der Waals surface area contributed by atoms with Gasteiger partial charge < -0.3 is 19.9 Å². The van der Waals surface area contributed by atoms with Gasteiger partial charge in [0.25, 0.3) is 5.91 Å². The third-order valence-electron chi connectivity index (χ3n) is 6.57. The van der Waals surface area contributed by atoms with Gasteiger partial charge in [-0.15, -0.1) is 0 Å². The Morgan fingerprint density at radius 1 is 1.00 bits per heavy atom. The fraction of sp³-hybridized carbons (Fsp3) is 0.345. The molecule has 1 N–H and O–H groups in total. The number of fused-ring (bicyclic) bond motifs is 1. The molecule has 0 saturated carbocycles. The van der Waals surface area contributed by atoms with Crippen LogP contribution in [-0.4, -0.2) is 33.3 Å². The number of hydrogen-bond acceptors (Lipinski definition) is 4. The van der Waals surface area contributed by atoms with Crippen LogP contribution in [-0.2, 0) is 17.7 Å². The molecule has 1 amide bonds. The molecule has 0 fully saturated rings. The maximum absolute atomic E-state index is 14.0. The Bertz CT molecular complexity index is 1120. The number of amides is 1. The zero-order valence-electron chi connectivity index (χ0n) is 20.8. The molecule has 1 aliphatic rings. The van der Waals surface area contributed by atoms with E-state index in [-0.39, 0.29) is 12.1 Å². The van der Waals surface area contributed by atoms with Gasteiger partial charge in [0.15, 0.2) is 0 Å². The normalized spacial score (nSPS) is 14.9. The molecule has 5 nitrogen and oxygen atoms in total. The van der Waals surface area contributed by atoms with Crippen molar-refractivity contribution in [2.45, 2.75) is 45.4 Å². The summed E-state index contributed by atoms with van der Waals surface area (Å²) in [6.07, 6.45) is 1.62. The van der Waals surface area contributed by atoms with Gasteiger partial charge in [-0.05, 0) is 71.8 Å². The van der Waals surface area contributed by atoms with E-state index < -0.39 is 0 Å². The first-order chi connectivity index (χ1) is 16.4. The van der Waals surface area contributed by atoms with E-state index in [4.69, 9.17) is 4.74 Å². The van der Waals surface area contributed by atoms with Gasteiger partial charge in [0, 0.05) is 43.8 Å². The predicted octanol–water partition coefficient (Wildman–Crippen LogP) is 6.05. The van der Waals surface area contributed by atoms with Crippen molar-refractivity contribution in [3.05, 3.63) is 89.0 Å². The zero-order valence-corrected chi connectivity index (χ0v) is 20.8. The summed E-state index contributed by atoms with van der Waals surface area (Å²) < 4.78 is 5.49. The molecule has 34 heavy (non-hydrogen) atoms. The van der Waals surface area contributed by atoms with Gasteiger partial charge in [0.05, 0.1) is 6.54 Å². The van der Waals surface area contributed by atoms with Crippen molar-refractivity contribution >= 4 is 23.0 Å². The Labute approximate surface area is 203 Å². The number of nitrogens with zero attached hydrogens (tertiary/aromatic N) is 2. The third kappa shape index (κ3) is 5.10. The van der Waals surface area contributed by atoms with E-state index in [1.807, 2.05) is 37.2 Å². The number of carbonyl (C=O) groups is 1. The van der Waals surface area contributed by atoms with Crippen molar-refractivity contribution in [3.8, 4) is 0 Å². The van der Waals surface area contributed by atoms with Gasteiger partial charge in [0.1, 0.15) is 6.23 Å². The largest absolute Gasteiger partial charge is 0.378 e.